The Morgan fingerprint density at radius 3 is 2.39 bits per heavy atom. The number of ether oxygens (including phenoxy) is 2. The maximum absolute atomic E-state index is 12.5. The van der Waals surface area contributed by atoms with Crippen molar-refractivity contribution in [1.82, 2.24) is 10.6 Å². The SMILES string of the molecule is COc1ccccc1C(=O)NCC(=O)O[C@H](C(=O)NC1CC1)c1ccccc1. The van der Waals surface area contributed by atoms with Crippen LogP contribution < -0.4 is 15.4 Å². The van der Waals surface area contributed by atoms with Crippen LogP contribution in [0.3, 0.4) is 0 Å². The van der Waals surface area contributed by atoms with Gasteiger partial charge in [0, 0.05) is 11.6 Å². The molecule has 0 bridgehead atoms. The zero-order chi connectivity index (χ0) is 19.9. The highest BCUT2D eigenvalue weighted by molar-refractivity contribution is 5.98. The Hall–Kier alpha value is -3.35. The summed E-state index contributed by atoms with van der Waals surface area (Å²) in [4.78, 5) is 37.0. The van der Waals surface area contributed by atoms with Crippen molar-refractivity contribution in [3.63, 3.8) is 0 Å². The van der Waals surface area contributed by atoms with Crippen molar-refractivity contribution in [2.75, 3.05) is 13.7 Å². The first-order valence-corrected chi connectivity index (χ1v) is 9.04. The molecule has 0 aromatic heterocycles. The monoisotopic (exact) mass is 382 g/mol. The van der Waals surface area contributed by atoms with Gasteiger partial charge in [-0.3, -0.25) is 14.4 Å². The standard InChI is InChI=1S/C21H22N2O5/c1-27-17-10-6-5-9-16(17)20(25)22-13-18(24)28-19(14-7-3-2-4-8-14)21(26)23-15-11-12-15/h2-10,15,19H,11-13H2,1H3,(H,22,25)(H,23,26)/t19-/m0/s1. The van der Waals surface area contributed by atoms with Gasteiger partial charge in [0.2, 0.25) is 6.10 Å². The molecular formula is C21H22N2O5. The fourth-order valence-electron chi connectivity index (χ4n) is 2.66. The fourth-order valence-corrected chi connectivity index (χ4v) is 2.66. The predicted octanol–water partition coefficient (Wildman–Crippen LogP) is 1.99. The van der Waals surface area contributed by atoms with E-state index in [0.29, 0.717) is 16.9 Å². The Balaban J connectivity index is 1.61. The van der Waals surface area contributed by atoms with Crippen LogP contribution in [0.2, 0.25) is 0 Å². The van der Waals surface area contributed by atoms with Gasteiger partial charge in [0.05, 0.1) is 12.7 Å². The number of nitrogens with one attached hydrogen (secondary N) is 2. The number of carbonyl (C=O) groups is 3. The summed E-state index contributed by atoms with van der Waals surface area (Å²) < 4.78 is 10.5. The molecule has 0 heterocycles. The van der Waals surface area contributed by atoms with Crippen LogP contribution in [-0.2, 0) is 14.3 Å². The van der Waals surface area contributed by atoms with Crippen molar-refractivity contribution in [2.45, 2.75) is 25.0 Å². The summed E-state index contributed by atoms with van der Waals surface area (Å²) in [5, 5.41) is 5.34. The Kier molecular flexibility index (Phi) is 6.26. The zero-order valence-electron chi connectivity index (χ0n) is 15.5. The largest absolute Gasteiger partial charge is 0.496 e. The number of rotatable bonds is 8. The van der Waals surface area contributed by atoms with E-state index in [1.165, 1.54) is 7.11 Å². The molecule has 1 aliphatic carbocycles. The molecule has 0 unspecified atom stereocenters. The molecular weight excluding hydrogens is 360 g/mol. The van der Waals surface area contributed by atoms with Crippen LogP contribution in [0.5, 0.6) is 5.75 Å². The average molecular weight is 382 g/mol. The van der Waals surface area contributed by atoms with E-state index in [-0.39, 0.29) is 18.5 Å². The third kappa shape index (κ3) is 5.09. The summed E-state index contributed by atoms with van der Waals surface area (Å²) in [6, 6.07) is 15.6. The minimum Gasteiger partial charge on any atom is -0.496 e. The minimum atomic E-state index is -1.06. The lowest BCUT2D eigenvalue weighted by Gasteiger charge is -2.18. The number of para-hydroxylation sites is 1. The molecule has 7 nitrogen and oxygen atoms in total. The second-order valence-electron chi connectivity index (χ2n) is 6.45. The molecule has 0 spiro atoms. The van der Waals surface area contributed by atoms with Gasteiger partial charge in [-0.25, -0.2) is 0 Å². The highest BCUT2D eigenvalue weighted by atomic mass is 16.5. The number of methoxy groups -OCH3 is 1. The van der Waals surface area contributed by atoms with E-state index in [2.05, 4.69) is 10.6 Å². The molecule has 1 atom stereocenters. The van der Waals surface area contributed by atoms with Crippen molar-refractivity contribution in [3.05, 3.63) is 65.7 Å². The molecule has 7 heteroatoms. The van der Waals surface area contributed by atoms with Crippen molar-refractivity contribution < 1.29 is 23.9 Å². The number of carbonyl (C=O) groups excluding carboxylic acids is 3. The fraction of sp³-hybridized carbons (Fsp3) is 0.286. The number of benzene rings is 2. The number of hydrogen-bond acceptors (Lipinski definition) is 5. The second-order valence-corrected chi connectivity index (χ2v) is 6.45. The second kappa shape index (κ2) is 9.03. The smallest absolute Gasteiger partial charge is 0.326 e. The van der Waals surface area contributed by atoms with E-state index in [9.17, 15) is 14.4 Å². The van der Waals surface area contributed by atoms with Gasteiger partial charge in [-0.05, 0) is 25.0 Å². The van der Waals surface area contributed by atoms with E-state index < -0.39 is 18.0 Å². The number of hydrogen-bond donors (Lipinski definition) is 2. The molecule has 146 valence electrons. The zero-order valence-corrected chi connectivity index (χ0v) is 15.5. The summed E-state index contributed by atoms with van der Waals surface area (Å²) in [6.07, 6.45) is 0.796. The van der Waals surface area contributed by atoms with E-state index in [0.717, 1.165) is 12.8 Å². The van der Waals surface area contributed by atoms with Crippen molar-refractivity contribution >= 4 is 17.8 Å². The Morgan fingerprint density at radius 1 is 1.04 bits per heavy atom. The van der Waals surface area contributed by atoms with Gasteiger partial charge in [-0.1, -0.05) is 42.5 Å². The molecule has 0 aliphatic heterocycles. The maximum Gasteiger partial charge on any atom is 0.326 e. The summed E-state index contributed by atoms with van der Waals surface area (Å²) in [6.45, 7) is -0.364. The van der Waals surface area contributed by atoms with Gasteiger partial charge in [-0.15, -0.1) is 0 Å². The number of amides is 2. The highest BCUT2D eigenvalue weighted by Gasteiger charge is 2.30. The van der Waals surface area contributed by atoms with Gasteiger partial charge in [0.1, 0.15) is 12.3 Å². The van der Waals surface area contributed by atoms with Crippen LogP contribution in [0.15, 0.2) is 54.6 Å². The first kappa shape index (κ1) is 19.4. The molecule has 2 N–H and O–H groups in total. The Morgan fingerprint density at radius 2 is 1.71 bits per heavy atom. The molecule has 1 aliphatic rings. The van der Waals surface area contributed by atoms with E-state index in [1.54, 1.807) is 48.5 Å². The van der Waals surface area contributed by atoms with Gasteiger partial charge in [-0.2, -0.15) is 0 Å². The average Bonchev–Trinajstić information content (AvgIpc) is 3.54. The molecule has 28 heavy (non-hydrogen) atoms. The maximum atomic E-state index is 12.5. The summed E-state index contributed by atoms with van der Waals surface area (Å²) in [5.41, 5.74) is 0.883. The van der Waals surface area contributed by atoms with Gasteiger partial charge < -0.3 is 20.1 Å². The quantitative estimate of drug-likeness (QED) is 0.681. The summed E-state index contributed by atoms with van der Waals surface area (Å²) in [5.74, 6) is -1.13. The van der Waals surface area contributed by atoms with Crippen LogP contribution >= 0.6 is 0 Å². The van der Waals surface area contributed by atoms with E-state index in [4.69, 9.17) is 9.47 Å². The lowest BCUT2D eigenvalue weighted by Crippen LogP contribution is -2.36. The first-order chi connectivity index (χ1) is 13.6. The molecule has 2 aromatic carbocycles. The normalized spacial score (nSPS) is 13.9. The Bertz CT molecular complexity index is 849. The molecule has 2 aromatic rings. The van der Waals surface area contributed by atoms with E-state index in [1.807, 2.05) is 6.07 Å². The van der Waals surface area contributed by atoms with Crippen molar-refractivity contribution in [2.24, 2.45) is 0 Å². The topological polar surface area (TPSA) is 93.7 Å². The van der Waals surface area contributed by atoms with Crippen LogP contribution in [0.1, 0.15) is 34.9 Å². The van der Waals surface area contributed by atoms with Crippen LogP contribution in [-0.4, -0.2) is 37.5 Å². The molecule has 1 saturated carbocycles. The van der Waals surface area contributed by atoms with Crippen LogP contribution in [0, 0.1) is 0 Å². The number of esters is 1. The van der Waals surface area contributed by atoms with Crippen molar-refractivity contribution in [3.8, 4) is 5.75 Å². The predicted molar refractivity (Wildman–Crippen MR) is 102 cm³/mol. The van der Waals surface area contributed by atoms with Gasteiger partial charge in [0.25, 0.3) is 11.8 Å². The van der Waals surface area contributed by atoms with Crippen molar-refractivity contribution in [1.29, 1.82) is 0 Å². The minimum absolute atomic E-state index is 0.141. The van der Waals surface area contributed by atoms with Crippen LogP contribution in [0.25, 0.3) is 0 Å². The lowest BCUT2D eigenvalue weighted by molar-refractivity contribution is -0.155. The summed E-state index contributed by atoms with van der Waals surface area (Å²) in [7, 11) is 1.46. The van der Waals surface area contributed by atoms with Gasteiger partial charge in [0.15, 0.2) is 0 Å². The Labute approximate surface area is 163 Å². The molecule has 3 rings (SSSR count). The van der Waals surface area contributed by atoms with E-state index >= 15 is 0 Å². The first-order valence-electron chi connectivity index (χ1n) is 9.04. The molecule has 0 saturated heterocycles. The summed E-state index contributed by atoms with van der Waals surface area (Å²) >= 11 is 0. The molecule has 1 fully saturated rings. The highest BCUT2D eigenvalue weighted by Crippen LogP contribution is 2.23. The van der Waals surface area contributed by atoms with Gasteiger partial charge >= 0.3 is 5.97 Å². The van der Waals surface area contributed by atoms with Crippen LogP contribution in [0.4, 0.5) is 0 Å². The molecule has 0 radical (unpaired) electrons. The lowest BCUT2D eigenvalue weighted by atomic mass is 10.1. The third-order valence-electron chi connectivity index (χ3n) is 4.26. The molecule has 2 amide bonds. The third-order valence-corrected chi connectivity index (χ3v) is 4.26.